The molecule has 0 spiro atoms. The Morgan fingerprint density at radius 3 is 1.67 bits per heavy atom. The SMILES string of the molecule is O=COCc1c(Br)c(Br)c(Br)c(Br)c1Br. The quantitative estimate of drug-likeness (QED) is 0.306. The summed E-state index contributed by atoms with van der Waals surface area (Å²) in [6.07, 6.45) is 0. The molecule has 0 saturated heterocycles. The third kappa shape index (κ3) is 3.06. The second-order valence-corrected chi connectivity index (χ2v) is 6.42. The highest BCUT2D eigenvalue weighted by atomic mass is 79.9. The molecule has 0 aromatic heterocycles. The molecule has 0 atom stereocenters. The molecule has 0 saturated carbocycles. The largest absolute Gasteiger partial charge is 0.463 e. The first kappa shape index (κ1) is 14.2. The number of carbonyl (C=O) groups is 1. The van der Waals surface area contributed by atoms with E-state index in [9.17, 15) is 4.79 Å². The third-order valence-electron chi connectivity index (χ3n) is 1.60. The van der Waals surface area contributed by atoms with Gasteiger partial charge in [0.25, 0.3) is 6.47 Å². The minimum atomic E-state index is 0.204. The first-order valence-corrected chi connectivity index (χ1v) is 7.52. The van der Waals surface area contributed by atoms with Crippen LogP contribution in [-0.4, -0.2) is 6.47 Å². The fourth-order valence-electron chi connectivity index (χ4n) is 0.894. The first-order chi connectivity index (χ1) is 7.00. The van der Waals surface area contributed by atoms with Gasteiger partial charge in [-0.3, -0.25) is 4.79 Å². The maximum absolute atomic E-state index is 10.2. The Labute approximate surface area is 129 Å². The summed E-state index contributed by atoms with van der Waals surface area (Å²) in [5.74, 6) is 0. The molecule has 2 nitrogen and oxygen atoms in total. The van der Waals surface area contributed by atoms with Gasteiger partial charge in [-0.25, -0.2) is 0 Å². The van der Waals surface area contributed by atoms with Crippen LogP contribution in [0.25, 0.3) is 0 Å². The molecule has 15 heavy (non-hydrogen) atoms. The van der Waals surface area contributed by atoms with Crippen LogP contribution in [0.5, 0.6) is 0 Å². The summed E-state index contributed by atoms with van der Waals surface area (Å²) in [5, 5.41) is 0. The molecule has 0 aliphatic heterocycles. The second kappa shape index (κ2) is 6.14. The van der Waals surface area contributed by atoms with Gasteiger partial charge < -0.3 is 4.74 Å². The lowest BCUT2D eigenvalue weighted by Crippen LogP contribution is -1.96. The van der Waals surface area contributed by atoms with E-state index in [1.807, 2.05) is 0 Å². The average molecular weight is 531 g/mol. The van der Waals surface area contributed by atoms with Crippen molar-refractivity contribution in [3.8, 4) is 0 Å². The van der Waals surface area contributed by atoms with Gasteiger partial charge in [0.1, 0.15) is 6.61 Å². The molecule has 0 unspecified atom stereocenters. The highest BCUT2D eigenvalue weighted by Crippen LogP contribution is 2.44. The highest BCUT2D eigenvalue weighted by molar-refractivity contribution is 9.15. The van der Waals surface area contributed by atoms with Crippen LogP contribution in [-0.2, 0) is 16.1 Å². The molecule has 1 aromatic rings. The van der Waals surface area contributed by atoms with Gasteiger partial charge in [-0.1, -0.05) is 0 Å². The number of hydrogen-bond acceptors (Lipinski definition) is 2. The molecule has 7 heteroatoms. The minimum absolute atomic E-state index is 0.204. The van der Waals surface area contributed by atoms with Crippen molar-refractivity contribution in [3.05, 3.63) is 27.9 Å². The van der Waals surface area contributed by atoms with Crippen molar-refractivity contribution in [2.24, 2.45) is 0 Å². The number of hydrogen-bond donors (Lipinski definition) is 0. The average Bonchev–Trinajstić information content (AvgIpc) is 2.24. The molecule has 82 valence electrons. The van der Waals surface area contributed by atoms with Gasteiger partial charge in [0.05, 0.1) is 0 Å². The van der Waals surface area contributed by atoms with Crippen LogP contribution in [0.2, 0.25) is 0 Å². The Morgan fingerprint density at radius 1 is 0.867 bits per heavy atom. The molecule has 1 aromatic carbocycles. The molecule has 0 bridgehead atoms. The summed E-state index contributed by atoms with van der Waals surface area (Å²) in [4.78, 5) is 10.2. The van der Waals surface area contributed by atoms with Crippen molar-refractivity contribution >= 4 is 86.1 Å². The van der Waals surface area contributed by atoms with E-state index in [1.165, 1.54) is 0 Å². The summed E-state index contributed by atoms with van der Waals surface area (Å²) in [5.41, 5.74) is 0.851. The summed E-state index contributed by atoms with van der Waals surface area (Å²) in [6, 6.07) is 0. The fourth-order valence-corrected chi connectivity index (χ4v) is 4.25. The van der Waals surface area contributed by atoms with Gasteiger partial charge in [-0.15, -0.1) is 0 Å². The van der Waals surface area contributed by atoms with E-state index >= 15 is 0 Å². The van der Waals surface area contributed by atoms with Gasteiger partial charge in [0.15, 0.2) is 0 Å². The summed E-state index contributed by atoms with van der Waals surface area (Å²) in [6.45, 7) is 0.623. The zero-order chi connectivity index (χ0) is 11.6. The lowest BCUT2D eigenvalue weighted by atomic mass is 10.2. The number of carbonyl (C=O) groups excluding carboxylic acids is 1. The van der Waals surface area contributed by atoms with Gasteiger partial charge >= 0.3 is 0 Å². The Balaban J connectivity index is 3.31. The molecule has 0 aliphatic rings. The van der Waals surface area contributed by atoms with Crippen LogP contribution in [0.1, 0.15) is 5.56 Å². The van der Waals surface area contributed by atoms with Crippen molar-refractivity contribution in [1.29, 1.82) is 0 Å². The van der Waals surface area contributed by atoms with Crippen molar-refractivity contribution < 1.29 is 9.53 Å². The van der Waals surface area contributed by atoms with Crippen molar-refractivity contribution in [2.45, 2.75) is 6.61 Å². The maximum Gasteiger partial charge on any atom is 0.293 e. The Bertz CT molecular complexity index is 376. The van der Waals surface area contributed by atoms with Crippen molar-refractivity contribution in [1.82, 2.24) is 0 Å². The molecular formula is C8H3Br5O2. The van der Waals surface area contributed by atoms with E-state index in [2.05, 4.69) is 79.6 Å². The Hall–Kier alpha value is 1.09. The smallest absolute Gasteiger partial charge is 0.293 e. The normalized spacial score (nSPS) is 10.2. The summed E-state index contributed by atoms with van der Waals surface area (Å²) in [7, 11) is 0. The number of benzene rings is 1. The molecule has 0 aliphatic carbocycles. The lowest BCUT2D eigenvalue weighted by Gasteiger charge is -2.12. The second-order valence-electron chi connectivity index (χ2n) is 2.46. The van der Waals surface area contributed by atoms with Crippen LogP contribution >= 0.6 is 79.6 Å². The van der Waals surface area contributed by atoms with E-state index in [-0.39, 0.29) is 6.61 Å². The standard InChI is InChI=1S/C8H3Br5O2/c9-4-3(1-15-2-14)5(10)7(12)8(13)6(4)11/h2H,1H2. The predicted octanol–water partition coefficient (Wildman–Crippen LogP) is 5.17. The lowest BCUT2D eigenvalue weighted by molar-refractivity contribution is -0.129. The van der Waals surface area contributed by atoms with E-state index in [4.69, 9.17) is 4.74 Å². The zero-order valence-electron chi connectivity index (χ0n) is 6.99. The molecule has 0 radical (unpaired) electrons. The molecule has 0 N–H and O–H groups in total. The zero-order valence-corrected chi connectivity index (χ0v) is 14.9. The fraction of sp³-hybridized carbons (Fsp3) is 0.125. The Morgan fingerprint density at radius 2 is 1.27 bits per heavy atom. The minimum Gasteiger partial charge on any atom is -0.463 e. The maximum atomic E-state index is 10.2. The van der Waals surface area contributed by atoms with Gasteiger partial charge in [0.2, 0.25) is 0 Å². The topological polar surface area (TPSA) is 26.3 Å². The van der Waals surface area contributed by atoms with E-state index < -0.39 is 0 Å². The number of ether oxygens (including phenoxy) is 1. The number of halogens is 5. The van der Waals surface area contributed by atoms with Crippen LogP contribution in [0.4, 0.5) is 0 Å². The van der Waals surface area contributed by atoms with E-state index in [0.717, 1.165) is 27.9 Å². The number of rotatable bonds is 3. The molecule has 1 rings (SSSR count). The highest BCUT2D eigenvalue weighted by Gasteiger charge is 2.17. The summed E-state index contributed by atoms with van der Waals surface area (Å²) < 4.78 is 9.02. The molecule has 0 heterocycles. The predicted molar refractivity (Wildman–Crippen MR) is 75.8 cm³/mol. The van der Waals surface area contributed by atoms with Crippen molar-refractivity contribution in [3.63, 3.8) is 0 Å². The van der Waals surface area contributed by atoms with Crippen LogP contribution in [0.3, 0.4) is 0 Å². The molecule has 0 fully saturated rings. The van der Waals surface area contributed by atoms with E-state index in [0.29, 0.717) is 6.47 Å². The summed E-state index contributed by atoms with van der Waals surface area (Å²) >= 11 is 17.1. The third-order valence-corrected chi connectivity index (χ3v) is 7.85. The van der Waals surface area contributed by atoms with Crippen LogP contribution < -0.4 is 0 Å². The monoisotopic (exact) mass is 526 g/mol. The van der Waals surface area contributed by atoms with Gasteiger partial charge in [-0.2, -0.15) is 0 Å². The Kier molecular flexibility index (Phi) is 5.79. The van der Waals surface area contributed by atoms with Crippen LogP contribution in [0, 0.1) is 0 Å². The van der Waals surface area contributed by atoms with Crippen molar-refractivity contribution in [2.75, 3.05) is 0 Å². The molecule has 0 amide bonds. The molecular weight excluding hydrogens is 528 g/mol. The van der Waals surface area contributed by atoms with Gasteiger partial charge in [0, 0.05) is 27.9 Å². The first-order valence-electron chi connectivity index (χ1n) is 3.56. The van der Waals surface area contributed by atoms with E-state index in [1.54, 1.807) is 0 Å². The van der Waals surface area contributed by atoms with Gasteiger partial charge in [-0.05, 0) is 79.6 Å². The van der Waals surface area contributed by atoms with Crippen LogP contribution in [0.15, 0.2) is 22.4 Å².